The number of rotatable bonds is 2. The molecule has 0 radical (unpaired) electrons. The Morgan fingerprint density at radius 2 is 2.18 bits per heavy atom. The number of hydrogen-bond acceptors (Lipinski definition) is 6. The van der Waals surface area contributed by atoms with Gasteiger partial charge in [-0.3, -0.25) is 4.99 Å². The summed E-state index contributed by atoms with van der Waals surface area (Å²) in [6, 6.07) is 0. The lowest BCUT2D eigenvalue weighted by Crippen LogP contribution is -2.57. The van der Waals surface area contributed by atoms with E-state index in [-0.39, 0.29) is 29.7 Å². The number of nitrogens with one attached hydrogen (secondary N) is 1. The molecule has 1 aromatic rings. The molecule has 22 heavy (non-hydrogen) atoms. The number of guanidine groups is 1. The number of aryl methyl sites for hydroxylation is 1. The van der Waals surface area contributed by atoms with Gasteiger partial charge in [0.2, 0.25) is 5.89 Å². The van der Waals surface area contributed by atoms with Crippen LogP contribution in [0.25, 0.3) is 0 Å². The van der Waals surface area contributed by atoms with Crippen LogP contribution >= 0.6 is 24.0 Å². The van der Waals surface area contributed by atoms with E-state index in [1.807, 2.05) is 4.90 Å². The standard InChI is InChI=1S/C12H21N5O3S.HI/c1-9-15-10(16-20-9)7-14-11(13-4)17-5-6-21(18,19)12(2,3)8-17;/h5-8H2,1-4H3,(H,13,14);1H. The Labute approximate surface area is 147 Å². The van der Waals surface area contributed by atoms with Crippen molar-refractivity contribution in [3.63, 3.8) is 0 Å². The molecule has 1 fully saturated rings. The quantitative estimate of drug-likeness (QED) is 0.406. The van der Waals surface area contributed by atoms with E-state index < -0.39 is 14.6 Å². The third-order valence-corrected chi connectivity index (χ3v) is 6.06. The van der Waals surface area contributed by atoms with Crippen LogP contribution in [0.15, 0.2) is 9.52 Å². The molecule has 10 heteroatoms. The zero-order chi connectivity index (χ0) is 15.7. The minimum atomic E-state index is -3.06. The van der Waals surface area contributed by atoms with Crippen molar-refractivity contribution in [3.8, 4) is 0 Å². The van der Waals surface area contributed by atoms with Crippen molar-refractivity contribution in [2.45, 2.75) is 32.1 Å². The highest BCUT2D eigenvalue weighted by atomic mass is 127. The first-order valence-electron chi connectivity index (χ1n) is 6.72. The Hall–Kier alpha value is -0.910. The molecule has 0 atom stereocenters. The van der Waals surface area contributed by atoms with E-state index >= 15 is 0 Å². The molecule has 8 nitrogen and oxygen atoms in total. The number of aromatic nitrogens is 2. The number of aliphatic imine (C=N–C) groups is 1. The van der Waals surface area contributed by atoms with Gasteiger partial charge < -0.3 is 14.7 Å². The second kappa shape index (κ2) is 7.11. The number of sulfone groups is 1. The molecule has 0 unspecified atom stereocenters. The van der Waals surface area contributed by atoms with Crippen LogP contribution in [0, 0.1) is 6.92 Å². The Balaban J connectivity index is 0.00000242. The first-order chi connectivity index (χ1) is 9.75. The lowest BCUT2D eigenvalue weighted by atomic mass is 10.2. The number of hydrogen-bond donors (Lipinski definition) is 1. The van der Waals surface area contributed by atoms with Crippen LogP contribution < -0.4 is 5.32 Å². The van der Waals surface area contributed by atoms with Crippen LogP contribution in [0.2, 0.25) is 0 Å². The van der Waals surface area contributed by atoms with Gasteiger partial charge in [-0.2, -0.15) is 4.98 Å². The van der Waals surface area contributed by atoms with Crippen molar-refractivity contribution in [1.29, 1.82) is 0 Å². The maximum absolute atomic E-state index is 12.0. The summed E-state index contributed by atoms with van der Waals surface area (Å²) in [7, 11) is -1.40. The second-order valence-corrected chi connectivity index (χ2v) is 8.37. The average Bonchev–Trinajstić information content (AvgIpc) is 2.80. The first kappa shape index (κ1) is 19.1. The third kappa shape index (κ3) is 4.09. The highest BCUT2D eigenvalue weighted by Gasteiger charge is 2.40. The van der Waals surface area contributed by atoms with Gasteiger partial charge in [0.1, 0.15) is 0 Å². The summed E-state index contributed by atoms with van der Waals surface area (Å²) in [6.45, 7) is 6.42. The molecular formula is C12H22IN5O3S. The normalized spacial score (nSPS) is 20.4. The maximum atomic E-state index is 12.0. The highest BCUT2D eigenvalue weighted by Crippen LogP contribution is 2.23. The van der Waals surface area contributed by atoms with Gasteiger partial charge in [-0.25, -0.2) is 8.42 Å². The Morgan fingerprint density at radius 3 is 2.68 bits per heavy atom. The molecule has 1 saturated heterocycles. The van der Waals surface area contributed by atoms with Crippen LogP contribution in [-0.2, 0) is 16.4 Å². The largest absolute Gasteiger partial charge is 0.349 e. The van der Waals surface area contributed by atoms with Crippen LogP contribution in [0.4, 0.5) is 0 Å². The lowest BCUT2D eigenvalue weighted by molar-refractivity contribution is 0.352. The predicted molar refractivity (Wildman–Crippen MR) is 94.1 cm³/mol. The molecule has 1 aliphatic rings. The van der Waals surface area contributed by atoms with E-state index in [0.717, 1.165) is 0 Å². The Morgan fingerprint density at radius 1 is 1.50 bits per heavy atom. The minimum absolute atomic E-state index is 0. The van der Waals surface area contributed by atoms with E-state index in [1.54, 1.807) is 27.8 Å². The SMILES string of the molecule is CN=C(NCc1noc(C)n1)N1CCS(=O)(=O)C(C)(C)C1.I. The molecule has 0 bridgehead atoms. The first-order valence-corrected chi connectivity index (χ1v) is 8.37. The van der Waals surface area contributed by atoms with Gasteiger partial charge in [-0.05, 0) is 13.8 Å². The highest BCUT2D eigenvalue weighted by molar-refractivity contribution is 14.0. The third-order valence-electron chi connectivity index (χ3n) is 3.53. The molecule has 1 aliphatic heterocycles. The molecule has 2 heterocycles. The van der Waals surface area contributed by atoms with Crippen molar-refractivity contribution in [3.05, 3.63) is 11.7 Å². The van der Waals surface area contributed by atoms with Gasteiger partial charge in [0, 0.05) is 27.1 Å². The molecule has 0 aliphatic carbocycles. The van der Waals surface area contributed by atoms with Gasteiger partial charge in [0.05, 0.1) is 17.0 Å². The fourth-order valence-electron chi connectivity index (χ4n) is 2.23. The molecule has 0 amide bonds. The van der Waals surface area contributed by atoms with Crippen LogP contribution in [0.1, 0.15) is 25.6 Å². The molecule has 1 aromatic heterocycles. The maximum Gasteiger partial charge on any atom is 0.223 e. The van der Waals surface area contributed by atoms with Gasteiger partial charge in [-0.15, -0.1) is 24.0 Å². The molecule has 2 rings (SSSR count). The topological polar surface area (TPSA) is 101 Å². The molecule has 126 valence electrons. The lowest BCUT2D eigenvalue weighted by Gasteiger charge is -2.39. The summed E-state index contributed by atoms with van der Waals surface area (Å²) < 4.78 is 28.2. The van der Waals surface area contributed by atoms with Crippen molar-refractivity contribution in [2.75, 3.05) is 25.9 Å². The van der Waals surface area contributed by atoms with E-state index in [0.29, 0.717) is 37.3 Å². The van der Waals surface area contributed by atoms with Crippen molar-refractivity contribution >= 4 is 39.8 Å². The molecule has 0 spiro atoms. The second-order valence-electron chi connectivity index (χ2n) is 5.63. The minimum Gasteiger partial charge on any atom is -0.349 e. The van der Waals surface area contributed by atoms with Crippen molar-refractivity contribution < 1.29 is 12.9 Å². The predicted octanol–water partition coefficient (Wildman–Crippen LogP) is 0.580. The summed E-state index contributed by atoms with van der Waals surface area (Å²) in [5.74, 6) is 1.81. The summed E-state index contributed by atoms with van der Waals surface area (Å²) in [6.07, 6.45) is 0. The van der Waals surface area contributed by atoms with E-state index in [4.69, 9.17) is 4.52 Å². The summed E-state index contributed by atoms with van der Waals surface area (Å²) in [4.78, 5) is 10.2. The van der Waals surface area contributed by atoms with Crippen LogP contribution in [0.3, 0.4) is 0 Å². The zero-order valence-corrected chi connectivity index (χ0v) is 16.3. The van der Waals surface area contributed by atoms with Crippen LogP contribution in [0.5, 0.6) is 0 Å². The molecule has 1 N–H and O–H groups in total. The molecule has 0 aromatic carbocycles. The monoisotopic (exact) mass is 443 g/mol. The molecular weight excluding hydrogens is 421 g/mol. The van der Waals surface area contributed by atoms with E-state index in [1.165, 1.54) is 0 Å². The van der Waals surface area contributed by atoms with Gasteiger partial charge >= 0.3 is 0 Å². The fraction of sp³-hybridized carbons (Fsp3) is 0.750. The van der Waals surface area contributed by atoms with E-state index in [9.17, 15) is 8.42 Å². The Bertz CT molecular complexity index is 641. The zero-order valence-electron chi connectivity index (χ0n) is 13.2. The molecule has 0 saturated carbocycles. The summed E-state index contributed by atoms with van der Waals surface area (Å²) in [5, 5.41) is 6.93. The summed E-state index contributed by atoms with van der Waals surface area (Å²) >= 11 is 0. The van der Waals surface area contributed by atoms with Crippen molar-refractivity contribution in [1.82, 2.24) is 20.4 Å². The van der Waals surface area contributed by atoms with Gasteiger partial charge in [0.15, 0.2) is 21.6 Å². The average molecular weight is 443 g/mol. The van der Waals surface area contributed by atoms with E-state index in [2.05, 4.69) is 20.4 Å². The number of nitrogens with zero attached hydrogens (tertiary/aromatic N) is 4. The van der Waals surface area contributed by atoms with Crippen LogP contribution in [-0.4, -0.2) is 60.1 Å². The number of halogens is 1. The summed E-state index contributed by atoms with van der Waals surface area (Å²) in [5.41, 5.74) is 0. The van der Waals surface area contributed by atoms with Crippen molar-refractivity contribution in [2.24, 2.45) is 4.99 Å². The van der Waals surface area contributed by atoms with Gasteiger partial charge in [0.25, 0.3) is 0 Å². The van der Waals surface area contributed by atoms with Gasteiger partial charge in [-0.1, -0.05) is 5.16 Å². The fourth-order valence-corrected chi connectivity index (χ4v) is 3.59. The smallest absolute Gasteiger partial charge is 0.223 e. The Kier molecular flexibility index (Phi) is 6.18.